The third-order valence-electron chi connectivity index (χ3n) is 3.47. The number of rotatable bonds is 6. The Labute approximate surface area is 123 Å². The smallest absolute Gasteiger partial charge is 0.325 e. The highest BCUT2D eigenvalue weighted by Gasteiger charge is 2.26. The average Bonchev–Trinajstić information content (AvgIpc) is 2.88. The van der Waals surface area contributed by atoms with Crippen molar-refractivity contribution >= 4 is 16.0 Å². The summed E-state index contributed by atoms with van der Waals surface area (Å²) in [4.78, 5) is 10.6. The van der Waals surface area contributed by atoms with Crippen LogP contribution in [0.2, 0.25) is 0 Å². The van der Waals surface area contributed by atoms with Crippen molar-refractivity contribution < 1.29 is 23.1 Å². The number of aromatic nitrogens is 2. The molecule has 0 radical (unpaired) electrons. The molecule has 2 heterocycles. The highest BCUT2D eigenvalue weighted by atomic mass is 32.2. The van der Waals surface area contributed by atoms with Gasteiger partial charge in [-0.05, 0) is 18.8 Å². The fraction of sp³-hybridized carbons (Fsp3) is 0.667. The Morgan fingerprint density at radius 3 is 2.81 bits per heavy atom. The third kappa shape index (κ3) is 4.02. The first-order chi connectivity index (χ1) is 9.89. The lowest BCUT2D eigenvalue weighted by molar-refractivity contribution is -0.137. The lowest BCUT2D eigenvalue weighted by Gasteiger charge is -2.26. The van der Waals surface area contributed by atoms with Crippen molar-refractivity contribution in [1.82, 2.24) is 14.1 Å². The maximum Gasteiger partial charge on any atom is 0.325 e. The van der Waals surface area contributed by atoms with Gasteiger partial charge in [0.1, 0.15) is 11.4 Å². The van der Waals surface area contributed by atoms with Gasteiger partial charge in [0, 0.05) is 33.0 Å². The normalized spacial score (nSPS) is 17.2. The molecule has 1 N–H and O–H groups in total. The molecule has 1 aromatic rings. The van der Waals surface area contributed by atoms with Crippen LogP contribution in [0.25, 0.3) is 0 Å². The van der Waals surface area contributed by atoms with Crippen molar-refractivity contribution in [2.45, 2.75) is 24.3 Å². The summed E-state index contributed by atoms with van der Waals surface area (Å²) in [5.41, 5.74) is 0. The van der Waals surface area contributed by atoms with Crippen LogP contribution >= 0.6 is 0 Å². The summed E-state index contributed by atoms with van der Waals surface area (Å²) < 4.78 is 32.4. The van der Waals surface area contributed by atoms with Crippen LogP contribution in [0.3, 0.4) is 0 Å². The second kappa shape index (κ2) is 6.54. The van der Waals surface area contributed by atoms with Crippen molar-refractivity contribution in [1.29, 1.82) is 0 Å². The monoisotopic (exact) mass is 317 g/mol. The fourth-order valence-electron chi connectivity index (χ4n) is 2.27. The molecular formula is C12H19N3O5S. The number of hydrogen-bond acceptors (Lipinski definition) is 5. The molecule has 0 atom stereocenters. The summed E-state index contributed by atoms with van der Waals surface area (Å²) in [5.74, 6) is -0.787. The van der Waals surface area contributed by atoms with Gasteiger partial charge in [0.2, 0.25) is 10.0 Å². The Kier molecular flexibility index (Phi) is 4.96. The third-order valence-corrected chi connectivity index (χ3v) is 5.25. The van der Waals surface area contributed by atoms with Gasteiger partial charge < -0.3 is 9.84 Å². The Bertz CT molecular complexity index is 592. The molecule has 118 valence electrons. The summed E-state index contributed by atoms with van der Waals surface area (Å²) in [7, 11) is -2.11. The van der Waals surface area contributed by atoms with Gasteiger partial charge in [-0.3, -0.25) is 9.48 Å². The molecular weight excluding hydrogens is 298 g/mol. The molecule has 0 aromatic carbocycles. The van der Waals surface area contributed by atoms with E-state index in [-0.39, 0.29) is 17.4 Å². The van der Waals surface area contributed by atoms with Gasteiger partial charge in [-0.25, -0.2) is 12.7 Å². The second-order valence-corrected chi connectivity index (χ2v) is 7.15. The van der Waals surface area contributed by atoms with Crippen molar-refractivity contribution in [2.24, 2.45) is 5.92 Å². The first kappa shape index (κ1) is 15.9. The van der Waals surface area contributed by atoms with Crippen molar-refractivity contribution in [3.05, 3.63) is 12.4 Å². The quantitative estimate of drug-likeness (QED) is 0.793. The molecule has 1 fully saturated rings. The van der Waals surface area contributed by atoms with Crippen LogP contribution in [0, 0.1) is 5.92 Å². The fourth-order valence-corrected chi connectivity index (χ4v) is 3.48. The Balaban J connectivity index is 2.05. The SMILES string of the molecule is CN(CC1CCOCC1)S(=O)(=O)c1cnn(CC(=O)O)c1. The van der Waals surface area contributed by atoms with Crippen LogP contribution in [0.15, 0.2) is 17.3 Å². The minimum atomic E-state index is -3.64. The second-order valence-electron chi connectivity index (χ2n) is 5.11. The summed E-state index contributed by atoms with van der Waals surface area (Å²) in [6, 6.07) is 0. The number of aliphatic carboxylic acids is 1. The van der Waals surface area contributed by atoms with E-state index in [0.717, 1.165) is 17.5 Å². The van der Waals surface area contributed by atoms with Crippen LogP contribution < -0.4 is 0 Å². The largest absolute Gasteiger partial charge is 0.480 e. The Morgan fingerprint density at radius 2 is 2.19 bits per heavy atom. The molecule has 21 heavy (non-hydrogen) atoms. The Hall–Kier alpha value is -1.45. The Morgan fingerprint density at radius 1 is 1.52 bits per heavy atom. The van der Waals surface area contributed by atoms with Gasteiger partial charge in [0.25, 0.3) is 0 Å². The van der Waals surface area contributed by atoms with Crippen LogP contribution in [0.4, 0.5) is 0 Å². The van der Waals surface area contributed by atoms with Crippen LogP contribution in [-0.4, -0.2) is 60.4 Å². The zero-order valence-electron chi connectivity index (χ0n) is 11.8. The van der Waals surface area contributed by atoms with E-state index in [1.807, 2.05) is 0 Å². The van der Waals surface area contributed by atoms with E-state index in [0.29, 0.717) is 19.8 Å². The van der Waals surface area contributed by atoms with E-state index in [2.05, 4.69) is 5.10 Å². The molecule has 1 aromatic heterocycles. The molecule has 0 unspecified atom stereocenters. The number of carboxylic acid groups (broad SMARTS) is 1. The minimum Gasteiger partial charge on any atom is -0.480 e. The number of nitrogens with zero attached hydrogens (tertiary/aromatic N) is 3. The molecule has 1 aliphatic rings. The molecule has 0 spiro atoms. The molecule has 0 saturated carbocycles. The van der Waals surface area contributed by atoms with E-state index in [1.54, 1.807) is 0 Å². The standard InChI is InChI=1S/C12H19N3O5S/c1-14(7-10-2-4-20-5-3-10)21(18,19)11-6-13-15(8-11)9-12(16)17/h6,8,10H,2-5,7,9H2,1H3,(H,16,17). The number of carboxylic acids is 1. The van der Waals surface area contributed by atoms with Gasteiger partial charge in [-0.2, -0.15) is 5.10 Å². The van der Waals surface area contributed by atoms with Crippen molar-refractivity contribution in [3.63, 3.8) is 0 Å². The lowest BCUT2D eigenvalue weighted by Crippen LogP contribution is -2.34. The van der Waals surface area contributed by atoms with Crippen LogP contribution in [0.1, 0.15) is 12.8 Å². The number of carbonyl (C=O) groups is 1. The maximum atomic E-state index is 12.4. The van der Waals surface area contributed by atoms with Gasteiger partial charge >= 0.3 is 5.97 Å². The van der Waals surface area contributed by atoms with Crippen molar-refractivity contribution in [2.75, 3.05) is 26.8 Å². The van der Waals surface area contributed by atoms with E-state index in [1.165, 1.54) is 23.7 Å². The first-order valence-corrected chi connectivity index (χ1v) is 8.12. The highest BCUT2D eigenvalue weighted by molar-refractivity contribution is 7.89. The van der Waals surface area contributed by atoms with Gasteiger partial charge in [0.05, 0.1) is 6.20 Å². The highest BCUT2D eigenvalue weighted by Crippen LogP contribution is 2.20. The molecule has 1 saturated heterocycles. The van der Waals surface area contributed by atoms with Crippen molar-refractivity contribution in [3.8, 4) is 0 Å². The zero-order chi connectivity index (χ0) is 15.5. The van der Waals surface area contributed by atoms with E-state index in [4.69, 9.17) is 9.84 Å². The average molecular weight is 317 g/mol. The first-order valence-electron chi connectivity index (χ1n) is 6.68. The molecule has 0 aliphatic carbocycles. The van der Waals surface area contributed by atoms with Crippen LogP contribution in [0.5, 0.6) is 0 Å². The number of sulfonamides is 1. The predicted octanol–water partition coefficient (Wildman–Crippen LogP) is 0.0148. The minimum absolute atomic E-state index is 0.0123. The van der Waals surface area contributed by atoms with E-state index < -0.39 is 16.0 Å². The number of ether oxygens (including phenoxy) is 1. The van der Waals surface area contributed by atoms with E-state index >= 15 is 0 Å². The molecule has 1 aliphatic heterocycles. The van der Waals surface area contributed by atoms with Crippen LogP contribution in [-0.2, 0) is 26.1 Å². The summed E-state index contributed by atoms with van der Waals surface area (Å²) >= 11 is 0. The summed E-state index contributed by atoms with van der Waals surface area (Å²) in [6.07, 6.45) is 4.11. The van der Waals surface area contributed by atoms with Gasteiger partial charge in [-0.15, -0.1) is 0 Å². The summed E-state index contributed by atoms with van der Waals surface area (Å²) in [5, 5.41) is 12.4. The molecule has 0 amide bonds. The number of hydrogen-bond donors (Lipinski definition) is 1. The lowest BCUT2D eigenvalue weighted by atomic mass is 10.0. The predicted molar refractivity (Wildman–Crippen MR) is 73.2 cm³/mol. The summed E-state index contributed by atoms with van der Waals surface area (Å²) in [6.45, 7) is 1.39. The molecule has 8 nitrogen and oxygen atoms in total. The van der Waals surface area contributed by atoms with Gasteiger partial charge in [-0.1, -0.05) is 0 Å². The zero-order valence-corrected chi connectivity index (χ0v) is 12.6. The van der Waals surface area contributed by atoms with Gasteiger partial charge in [0.15, 0.2) is 0 Å². The maximum absolute atomic E-state index is 12.4. The molecule has 2 rings (SSSR count). The van der Waals surface area contributed by atoms with E-state index in [9.17, 15) is 13.2 Å². The molecule has 0 bridgehead atoms. The topological polar surface area (TPSA) is 102 Å². The molecule has 9 heteroatoms.